The molecule has 0 aliphatic rings. The highest BCUT2D eigenvalue weighted by molar-refractivity contribution is 5.81. The molecule has 3 nitrogen and oxygen atoms in total. The van der Waals surface area contributed by atoms with Crippen molar-refractivity contribution in [2.45, 2.75) is 33.4 Å². The Kier molecular flexibility index (Phi) is 5.50. The van der Waals surface area contributed by atoms with Gasteiger partial charge in [-0.3, -0.25) is 4.98 Å². The van der Waals surface area contributed by atoms with Crippen molar-refractivity contribution in [3.8, 4) is 0 Å². The number of nitrogens with one attached hydrogen (secondary N) is 2. The highest BCUT2D eigenvalue weighted by atomic mass is 15.0. The summed E-state index contributed by atoms with van der Waals surface area (Å²) in [5, 5.41) is 8.30. The van der Waals surface area contributed by atoms with E-state index in [1.54, 1.807) is 0 Å². The largest absolute Gasteiger partial charge is 0.315 e. The van der Waals surface area contributed by atoms with Crippen molar-refractivity contribution < 1.29 is 0 Å². The molecule has 2 rings (SSSR count). The quantitative estimate of drug-likeness (QED) is 0.813. The molecular weight excluding hydrogens is 246 g/mol. The zero-order chi connectivity index (χ0) is 14.4. The summed E-state index contributed by atoms with van der Waals surface area (Å²) in [5.41, 5.74) is 2.38. The second-order valence-electron chi connectivity index (χ2n) is 5.82. The lowest BCUT2D eigenvalue weighted by atomic mass is 10.1. The van der Waals surface area contributed by atoms with Gasteiger partial charge in [-0.25, -0.2) is 0 Å². The molecule has 0 aliphatic carbocycles. The highest BCUT2D eigenvalue weighted by Gasteiger charge is 2.04. The first-order chi connectivity index (χ1) is 9.66. The summed E-state index contributed by atoms with van der Waals surface area (Å²) in [7, 11) is 0. The van der Waals surface area contributed by atoms with Crippen LogP contribution in [0.5, 0.6) is 0 Å². The molecule has 0 radical (unpaired) electrons. The smallest absolute Gasteiger partial charge is 0.0705 e. The molecule has 0 aliphatic heterocycles. The van der Waals surface area contributed by atoms with Gasteiger partial charge in [0.05, 0.1) is 5.52 Å². The minimum absolute atomic E-state index is 0.459. The third-order valence-corrected chi connectivity index (χ3v) is 3.38. The fraction of sp³-hybridized carbons (Fsp3) is 0.471. The molecule has 0 spiro atoms. The van der Waals surface area contributed by atoms with E-state index >= 15 is 0 Å². The maximum atomic E-state index is 4.40. The molecule has 1 aromatic heterocycles. The van der Waals surface area contributed by atoms with Crippen LogP contribution >= 0.6 is 0 Å². The van der Waals surface area contributed by atoms with Crippen molar-refractivity contribution in [1.82, 2.24) is 15.6 Å². The maximum absolute atomic E-state index is 4.40. The fourth-order valence-corrected chi connectivity index (χ4v) is 2.27. The Labute approximate surface area is 121 Å². The van der Waals surface area contributed by atoms with Gasteiger partial charge in [0.2, 0.25) is 0 Å². The summed E-state index contributed by atoms with van der Waals surface area (Å²) in [4.78, 5) is 4.40. The number of pyridine rings is 1. The molecule has 1 heterocycles. The van der Waals surface area contributed by atoms with E-state index in [1.165, 1.54) is 10.9 Å². The van der Waals surface area contributed by atoms with Gasteiger partial charge in [-0.1, -0.05) is 32.0 Å². The predicted molar refractivity (Wildman–Crippen MR) is 85.8 cm³/mol. The van der Waals surface area contributed by atoms with Crippen LogP contribution in [0, 0.1) is 5.92 Å². The van der Waals surface area contributed by atoms with Gasteiger partial charge >= 0.3 is 0 Å². The van der Waals surface area contributed by atoms with Gasteiger partial charge in [-0.15, -0.1) is 0 Å². The third-order valence-electron chi connectivity index (χ3n) is 3.38. The Morgan fingerprint density at radius 3 is 2.70 bits per heavy atom. The Hall–Kier alpha value is -1.45. The van der Waals surface area contributed by atoms with Crippen LogP contribution in [0.25, 0.3) is 10.9 Å². The van der Waals surface area contributed by atoms with E-state index in [4.69, 9.17) is 0 Å². The van der Waals surface area contributed by atoms with Crippen LogP contribution in [0.2, 0.25) is 0 Å². The Morgan fingerprint density at radius 1 is 1.05 bits per heavy atom. The summed E-state index contributed by atoms with van der Waals surface area (Å²) >= 11 is 0. The zero-order valence-electron chi connectivity index (χ0n) is 12.7. The summed E-state index contributed by atoms with van der Waals surface area (Å²) in [6.07, 6.45) is 1.85. The van der Waals surface area contributed by atoms with Gasteiger partial charge in [0.15, 0.2) is 0 Å². The molecule has 0 saturated heterocycles. The summed E-state index contributed by atoms with van der Waals surface area (Å²) in [5.74, 6) is 0.700. The first-order valence-electron chi connectivity index (χ1n) is 7.43. The minimum Gasteiger partial charge on any atom is -0.315 e. The van der Waals surface area contributed by atoms with Crippen molar-refractivity contribution in [2.75, 3.05) is 13.1 Å². The molecule has 0 bridgehead atoms. The zero-order valence-corrected chi connectivity index (χ0v) is 12.7. The minimum atomic E-state index is 0.459. The molecule has 2 N–H and O–H groups in total. The van der Waals surface area contributed by atoms with Gasteiger partial charge in [-0.2, -0.15) is 0 Å². The van der Waals surface area contributed by atoms with Crippen molar-refractivity contribution in [2.24, 2.45) is 5.92 Å². The van der Waals surface area contributed by atoms with Gasteiger partial charge < -0.3 is 10.6 Å². The lowest BCUT2D eigenvalue weighted by Crippen LogP contribution is -2.37. The SMILES string of the molecule is CC(C)CNCC(C)NCc1cccc2ncccc12. The molecule has 3 heteroatoms. The second-order valence-corrected chi connectivity index (χ2v) is 5.82. The van der Waals surface area contributed by atoms with Crippen LogP contribution in [-0.4, -0.2) is 24.1 Å². The van der Waals surface area contributed by atoms with Crippen molar-refractivity contribution in [3.63, 3.8) is 0 Å². The molecular formula is C17H25N3. The summed E-state index contributed by atoms with van der Waals surface area (Å²) in [6.45, 7) is 9.64. The number of fused-ring (bicyclic) bond motifs is 1. The molecule has 2 aromatic rings. The number of nitrogens with zero attached hydrogens (tertiary/aromatic N) is 1. The molecule has 0 saturated carbocycles. The molecule has 1 atom stereocenters. The van der Waals surface area contributed by atoms with E-state index in [1.807, 2.05) is 12.3 Å². The van der Waals surface area contributed by atoms with E-state index in [0.717, 1.165) is 25.2 Å². The van der Waals surface area contributed by atoms with E-state index < -0.39 is 0 Å². The van der Waals surface area contributed by atoms with E-state index in [9.17, 15) is 0 Å². The Bertz CT molecular complexity index is 531. The number of hydrogen-bond donors (Lipinski definition) is 2. The topological polar surface area (TPSA) is 37.0 Å². The first-order valence-corrected chi connectivity index (χ1v) is 7.43. The molecule has 20 heavy (non-hydrogen) atoms. The average molecular weight is 271 g/mol. The monoisotopic (exact) mass is 271 g/mol. The van der Waals surface area contributed by atoms with Crippen LogP contribution in [0.4, 0.5) is 0 Å². The van der Waals surface area contributed by atoms with Crippen LogP contribution in [0.1, 0.15) is 26.3 Å². The fourth-order valence-electron chi connectivity index (χ4n) is 2.27. The highest BCUT2D eigenvalue weighted by Crippen LogP contribution is 2.16. The van der Waals surface area contributed by atoms with Gasteiger partial charge in [0, 0.05) is 30.7 Å². The molecule has 0 amide bonds. The van der Waals surface area contributed by atoms with Crippen molar-refractivity contribution >= 4 is 10.9 Å². The normalized spacial score (nSPS) is 13.0. The van der Waals surface area contributed by atoms with Crippen LogP contribution in [0.15, 0.2) is 36.5 Å². The summed E-state index contributed by atoms with van der Waals surface area (Å²) < 4.78 is 0. The second kappa shape index (κ2) is 7.36. The van der Waals surface area contributed by atoms with E-state index in [2.05, 4.69) is 60.7 Å². The summed E-state index contributed by atoms with van der Waals surface area (Å²) in [6, 6.07) is 10.9. The van der Waals surface area contributed by atoms with Crippen LogP contribution in [0.3, 0.4) is 0 Å². The number of benzene rings is 1. The van der Waals surface area contributed by atoms with Gasteiger partial charge in [0.25, 0.3) is 0 Å². The molecule has 0 fully saturated rings. The number of aromatic nitrogens is 1. The standard InChI is InChI=1S/C17H25N3/c1-13(2)10-18-11-14(3)20-12-15-6-4-8-17-16(15)7-5-9-19-17/h4-9,13-14,18,20H,10-12H2,1-3H3. The lowest BCUT2D eigenvalue weighted by Gasteiger charge is -2.16. The Morgan fingerprint density at radius 2 is 1.90 bits per heavy atom. The van der Waals surface area contributed by atoms with Crippen molar-refractivity contribution in [1.29, 1.82) is 0 Å². The third kappa shape index (κ3) is 4.29. The van der Waals surface area contributed by atoms with E-state index in [-0.39, 0.29) is 0 Å². The number of rotatable bonds is 7. The number of hydrogen-bond acceptors (Lipinski definition) is 3. The average Bonchev–Trinajstić information content (AvgIpc) is 2.44. The molecule has 108 valence electrons. The predicted octanol–water partition coefficient (Wildman–Crippen LogP) is 2.96. The molecule has 1 unspecified atom stereocenters. The Balaban J connectivity index is 1.89. The van der Waals surface area contributed by atoms with E-state index in [0.29, 0.717) is 12.0 Å². The first kappa shape index (κ1) is 14.9. The van der Waals surface area contributed by atoms with Crippen LogP contribution in [-0.2, 0) is 6.54 Å². The maximum Gasteiger partial charge on any atom is 0.0705 e. The van der Waals surface area contributed by atoms with Gasteiger partial charge in [0.1, 0.15) is 0 Å². The lowest BCUT2D eigenvalue weighted by molar-refractivity contribution is 0.472. The molecule has 1 aromatic carbocycles. The van der Waals surface area contributed by atoms with Crippen LogP contribution < -0.4 is 10.6 Å². The van der Waals surface area contributed by atoms with Gasteiger partial charge in [-0.05, 0) is 37.1 Å². The van der Waals surface area contributed by atoms with Crippen molar-refractivity contribution in [3.05, 3.63) is 42.1 Å².